The molecule has 240 valence electrons. The number of carbonyl (C=O) groups excluding carboxylic acids is 2. The molecular formula is C31H41N3O8S2. The number of primary sulfonamides is 1. The number of hydrogen-bond donors (Lipinski definition) is 2. The fraction of sp³-hybridized carbons (Fsp3) is 0.419. The summed E-state index contributed by atoms with van der Waals surface area (Å²) in [5, 5.41) is 6.94. The summed E-state index contributed by atoms with van der Waals surface area (Å²) in [5.41, 5.74) is 1.80. The summed E-state index contributed by atoms with van der Waals surface area (Å²) >= 11 is 0. The highest BCUT2D eigenvalue weighted by Crippen LogP contribution is 2.30. The molecule has 1 amide bonds. The SMILES string of the molecule is CCCN(OC1=CC=C(S(N)(=O)=O)CC1=O)S(=O)(=O)[C@@H](CCc1ccccc1)C(C)C(C)CNC(=O)OCc1ccccc1. The van der Waals surface area contributed by atoms with Gasteiger partial charge < -0.3 is 14.9 Å². The molecule has 2 unspecified atom stereocenters. The van der Waals surface area contributed by atoms with Gasteiger partial charge in [0.25, 0.3) is 0 Å². The molecule has 0 heterocycles. The molecule has 0 saturated carbocycles. The first-order valence-electron chi connectivity index (χ1n) is 14.5. The van der Waals surface area contributed by atoms with Crippen molar-refractivity contribution in [1.29, 1.82) is 0 Å². The Labute approximate surface area is 260 Å². The van der Waals surface area contributed by atoms with E-state index in [2.05, 4.69) is 5.32 Å². The standard InChI is InChI=1S/C31H41N3O8S2/c1-4-19-34(42-29-17-16-27(20-28(29)35)43(32,37)38)44(39,40)30(18-15-25-11-7-5-8-12-25)24(3)23(2)21-33-31(36)41-22-26-13-9-6-10-14-26/h5-14,16-17,23-24,30H,4,15,18-22H2,1-3H3,(H,33,36)(H2,32,37,38)/t23?,24?,30-/m0/s1. The Morgan fingerprint density at radius 1 is 0.977 bits per heavy atom. The number of rotatable bonds is 16. The van der Waals surface area contributed by atoms with E-state index in [1.807, 2.05) is 74.5 Å². The summed E-state index contributed by atoms with van der Waals surface area (Å²) in [4.78, 5) is 30.5. The zero-order valence-electron chi connectivity index (χ0n) is 25.2. The number of allylic oxidation sites excluding steroid dienone is 4. The van der Waals surface area contributed by atoms with Crippen molar-refractivity contribution < 1.29 is 36.0 Å². The number of ether oxygens (including phenoxy) is 1. The first-order chi connectivity index (χ1) is 20.8. The molecule has 1 aliphatic carbocycles. The van der Waals surface area contributed by atoms with Crippen LogP contribution < -0.4 is 10.5 Å². The minimum Gasteiger partial charge on any atom is -0.445 e. The number of nitrogens with zero attached hydrogens (tertiary/aromatic N) is 1. The van der Waals surface area contributed by atoms with E-state index in [1.165, 1.54) is 0 Å². The number of Topliss-reactive ketones (excluding diaryl/α,β-unsaturated/α-hetero) is 1. The molecule has 0 bridgehead atoms. The van der Waals surface area contributed by atoms with Crippen molar-refractivity contribution in [1.82, 2.24) is 9.79 Å². The van der Waals surface area contributed by atoms with Crippen LogP contribution >= 0.6 is 0 Å². The molecule has 0 fully saturated rings. The van der Waals surface area contributed by atoms with Gasteiger partial charge in [0.15, 0.2) is 5.76 Å². The molecule has 13 heteroatoms. The van der Waals surface area contributed by atoms with E-state index in [0.29, 0.717) is 12.8 Å². The lowest BCUT2D eigenvalue weighted by Crippen LogP contribution is -2.45. The largest absolute Gasteiger partial charge is 0.445 e. The van der Waals surface area contributed by atoms with Gasteiger partial charge in [-0.15, -0.1) is 0 Å². The summed E-state index contributed by atoms with van der Waals surface area (Å²) < 4.78 is 57.9. The summed E-state index contributed by atoms with van der Waals surface area (Å²) in [6, 6.07) is 18.7. The third kappa shape index (κ3) is 10.0. The molecule has 2 aromatic rings. The Morgan fingerprint density at radius 2 is 1.59 bits per heavy atom. The number of ketones is 1. The first kappa shape index (κ1) is 35.0. The lowest BCUT2D eigenvalue weighted by atomic mass is 9.89. The molecule has 0 saturated heterocycles. The Hall–Kier alpha value is -3.52. The number of hydroxylamine groups is 1. The number of benzene rings is 2. The number of alkyl carbamates (subject to hydrolysis) is 1. The van der Waals surface area contributed by atoms with E-state index in [9.17, 15) is 26.4 Å². The van der Waals surface area contributed by atoms with Crippen LogP contribution in [0.5, 0.6) is 0 Å². The van der Waals surface area contributed by atoms with E-state index >= 15 is 0 Å². The van der Waals surface area contributed by atoms with Crippen molar-refractivity contribution >= 4 is 31.9 Å². The maximum Gasteiger partial charge on any atom is 0.407 e. The normalized spacial score (nSPS) is 16.0. The molecule has 44 heavy (non-hydrogen) atoms. The van der Waals surface area contributed by atoms with Gasteiger partial charge >= 0.3 is 6.09 Å². The Morgan fingerprint density at radius 3 is 2.16 bits per heavy atom. The Kier molecular flexibility index (Phi) is 12.7. The quantitative estimate of drug-likeness (QED) is 0.256. The first-order valence-corrected chi connectivity index (χ1v) is 17.5. The summed E-state index contributed by atoms with van der Waals surface area (Å²) in [5.74, 6) is -1.73. The number of carbonyl (C=O) groups is 2. The summed E-state index contributed by atoms with van der Waals surface area (Å²) in [6.07, 6.45) is 2.24. The van der Waals surface area contributed by atoms with Gasteiger partial charge in [-0.2, -0.15) is 0 Å². The Balaban J connectivity index is 1.79. The van der Waals surface area contributed by atoms with Crippen molar-refractivity contribution in [2.75, 3.05) is 13.1 Å². The van der Waals surface area contributed by atoms with Gasteiger partial charge in [-0.05, 0) is 58.8 Å². The number of aryl methyl sites for hydroxylation is 1. The highest BCUT2D eigenvalue weighted by atomic mass is 32.2. The highest BCUT2D eigenvalue weighted by molar-refractivity contribution is 7.93. The van der Waals surface area contributed by atoms with Crippen molar-refractivity contribution in [3.63, 3.8) is 0 Å². The molecule has 0 aliphatic heterocycles. The van der Waals surface area contributed by atoms with Gasteiger partial charge in [0.2, 0.25) is 25.8 Å². The van der Waals surface area contributed by atoms with Crippen LogP contribution in [0.15, 0.2) is 83.5 Å². The molecule has 0 radical (unpaired) electrons. The van der Waals surface area contributed by atoms with E-state index < -0.39 is 49.5 Å². The Bertz CT molecular complexity index is 1540. The fourth-order valence-corrected chi connectivity index (χ4v) is 7.46. The number of nitrogens with two attached hydrogens (primary N) is 1. The summed E-state index contributed by atoms with van der Waals surface area (Å²) in [6.45, 7) is 5.68. The number of sulfonamides is 2. The minimum absolute atomic E-state index is 0.0360. The van der Waals surface area contributed by atoms with Crippen LogP contribution in [0, 0.1) is 11.8 Å². The van der Waals surface area contributed by atoms with Crippen LogP contribution in [-0.4, -0.2) is 51.5 Å². The van der Waals surface area contributed by atoms with Crippen molar-refractivity contribution in [3.05, 3.63) is 94.6 Å². The number of hydrogen-bond acceptors (Lipinski definition) is 8. The van der Waals surface area contributed by atoms with Crippen LogP contribution in [0.3, 0.4) is 0 Å². The third-order valence-electron chi connectivity index (χ3n) is 7.49. The van der Waals surface area contributed by atoms with E-state index in [0.717, 1.165) is 27.7 Å². The lowest BCUT2D eigenvalue weighted by Gasteiger charge is -2.33. The van der Waals surface area contributed by atoms with Gasteiger partial charge in [0, 0.05) is 6.54 Å². The summed E-state index contributed by atoms with van der Waals surface area (Å²) in [7, 11) is -8.26. The van der Waals surface area contributed by atoms with Gasteiger partial charge in [0.1, 0.15) is 6.61 Å². The second kappa shape index (κ2) is 16.0. The molecule has 0 aromatic heterocycles. The maximum absolute atomic E-state index is 14.2. The molecular weight excluding hydrogens is 606 g/mol. The molecule has 2 aromatic carbocycles. The number of amides is 1. The molecule has 3 rings (SSSR count). The smallest absolute Gasteiger partial charge is 0.407 e. The predicted octanol–water partition coefficient (Wildman–Crippen LogP) is 4.19. The monoisotopic (exact) mass is 647 g/mol. The topological polar surface area (TPSA) is 162 Å². The molecule has 0 spiro atoms. The van der Waals surface area contributed by atoms with E-state index in [-0.39, 0.29) is 42.7 Å². The zero-order valence-corrected chi connectivity index (χ0v) is 26.9. The maximum atomic E-state index is 14.2. The average molecular weight is 648 g/mol. The van der Waals surface area contributed by atoms with Crippen LogP contribution in [0.25, 0.3) is 0 Å². The zero-order chi connectivity index (χ0) is 32.3. The van der Waals surface area contributed by atoms with Crippen LogP contribution in [0.1, 0.15) is 51.2 Å². The molecule has 1 aliphatic rings. The van der Waals surface area contributed by atoms with Gasteiger partial charge in [-0.25, -0.2) is 26.8 Å². The van der Waals surface area contributed by atoms with Gasteiger partial charge in [-0.1, -0.05) is 81.4 Å². The average Bonchev–Trinajstić information content (AvgIpc) is 2.99. The molecule has 3 atom stereocenters. The number of nitrogens with one attached hydrogen (secondary N) is 1. The minimum atomic E-state index is -4.18. The van der Waals surface area contributed by atoms with E-state index in [4.69, 9.17) is 14.7 Å². The molecule has 3 N–H and O–H groups in total. The van der Waals surface area contributed by atoms with E-state index in [1.54, 1.807) is 6.92 Å². The van der Waals surface area contributed by atoms with Gasteiger partial charge in [0.05, 0.1) is 23.1 Å². The van der Waals surface area contributed by atoms with Crippen molar-refractivity contribution in [3.8, 4) is 0 Å². The van der Waals surface area contributed by atoms with Crippen LogP contribution in [0.2, 0.25) is 0 Å². The highest BCUT2D eigenvalue weighted by Gasteiger charge is 2.40. The van der Waals surface area contributed by atoms with Crippen LogP contribution in [-0.2, 0) is 47.4 Å². The van der Waals surface area contributed by atoms with Crippen molar-refractivity contribution in [2.45, 2.75) is 58.3 Å². The van der Waals surface area contributed by atoms with Gasteiger partial charge in [-0.3, -0.25) is 4.79 Å². The second-order valence-electron chi connectivity index (χ2n) is 10.8. The predicted molar refractivity (Wildman–Crippen MR) is 167 cm³/mol. The lowest BCUT2D eigenvalue weighted by molar-refractivity contribution is -0.125. The van der Waals surface area contributed by atoms with Crippen LogP contribution in [0.4, 0.5) is 4.79 Å². The molecule has 11 nitrogen and oxygen atoms in total. The van der Waals surface area contributed by atoms with Crippen molar-refractivity contribution in [2.24, 2.45) is 17.0 Å². The second-order valence-corrected chi connectivity index (χ2v) is 14.5. The third-order valence-corrected chi connectivity index (χ3v) is 10.8. The fourth-order valence-electron chi connectivity index (χ4n) is 4.72.